The van der Waals surface area contributed by atoms with E-state index in [1.807, 2.05) is 24.3 Å². The Morgan fingerprint density at radius 3 is 2.23 bits per heavy atom. The Labute approximate surface area is 206 Å². The number of aliphatic carboxylic acids is 1. The van der Waals surface area contributed by atoms with Gasteiger partial charge < -0.3 is 15.2 Å². The van der Waals surface area contributed by atoms with Gasteiger partial charge in [0.25, 0.3) is 5.91 Å². The van der Waals surface area contributed by atoms with Crippen molar-refractivity contribution in [3.8, 4) is 11.1 Å². The largest absolute Gasteiger partial charge is 0.481 e. The summed E-state index contributed by atoms with van der Waals surface area (Å²) in [4.78, 5) is 40.3. The number of ether oxygens (including phenoxy) is 1. The molecule has 0 radical (unpaired) electrons. The molecule has 5 rings (SSSR count). The number of aromatic nitrogens is 1. The summed E-state index contributed by atoms with van der Waals surface area (Å²) < 4.78 is 5.53. The van der Waals surface area contributed by atoms with Gasteiger partial charge >= 0.3 is 12.1 Å². The van der Waals surface area contributed by atoms with Crippen LogP contribution in [0.2, 0.25) is 0 Å². The normalized spacial score (nSPS) is 18.9. The summed E-state index contributed by atoms with van der Waals surface area (Å²) in [5, 5.41) is 16.5. The Bertz CT molecular complexity index is 1220. The number of hydrogen-bond acceptors (Lipinski definition) is 6. The van der Waals surface area contributed by atoms with E-state index in [0.29, 0.717) is 25.7 Å². The molecule has 1 fully saturated rings. The molecule has 0 spiro atoms. The summed E-state index contributed by atoms with van der Waals surface area (Å²) in [6, 6.07) is 16.2. The van der Waals surface area contributed by atoms with Gasteiger partial charge in [0.15, 0.2) is 5.13 Å². The molecule has 0 saturated heterocycles. The minimum atomic E-state index is -0.779. The number of thiazole rings is 1. The van der Waals surface area contributed by atoms with E-state index in [0.717, 1.165) is 33.6 Å². The van der Waals surface area contributed by atoms with Crippen molar-refractivity contribution in [3.05, 3.63) is 70.7 Å². The fraction of sp³-hybridized carbons (Fsp3) is 0.308. The first kappa shape index (κ1) is 23.0. The fourth-order valence-electron chi connectivity index (χ4n) is 4.90. The van der Waals surface area contributed by atoms with Crippen LogP contribution in [0.25, 0.3) is 11.1 Å². The second-order valence-electron chi connectivity index (χ2n) is 8.85. The van der Waals surface area contributed by atoms with Crippen LogP contribution in [0.15, 0.2) is 53.9 Å². The summed E-state index contributed by atoms with van der Waals surface area (Å²) in [5.74, 6) is -1.49. The number of anilines is 1. The summed E-state index contributed by atoms with van der Waals surface area (Å²) >= 11 is 1.15. The van der Waals surface area contributed by atoms with Crippen LogP contribution < -0.4 is 10.6 Å². The number of carbonyl (C=O) groups excluding carboxylic acids is 2. The van der Waals surface area contributed by atoms with Crippen LogP contribution in [-0.4, -0.2) is 40.7 Å². The number of carboxylic acid groups (broad SMARTS) is 1. The standard InChI is InChI=1S/C26H25N3O5S/c30-23(27-16-11-9-15(10-12-16)24(31)32)22-14-35-25(28-22)29-26(33)34-13-21-19-7-3-1-5-17(19)18-6-2-4-8-20(18)21/h1-8,14-16,21H,9-13H2,(H,27,30)(H,31,32)(H,28,29,33). The van der Waals surface area contributed by atoms with E-state index in [4.69, 9.17) is 9.84 Å². The molecule has 0 bridgehead atoms. The lowest BCUT2D eigenvalue weighted by Gasteiger charge is -2.26. The van der Waals surface area contributed by atoms with Crippen LogP contribution >= 0.6 is 11.3 Å². The average molecular weight is 492 g/mol. The highest BCUT2D eigenvalue weighted by atomic mass is 32.1. The smallest absolute Gasteiger partial charge is 0.413 e. The Morgan fingerprint density at radius 2 is 1.60 bits per heavy atom. The number of nitrogens with zero attached hydrogens (tertiary/aromatic N) is 1. The van der Waals surface area contributed by atoms with E-state index >= 15 is 0 Å². The highest BCUT2D eigenvalue weighted by molar-refractivity contribution is 7.14. The summed E-state index contributed by atoms with van der Waals surface area (Å²) in [6.45, 7) is 0.192. The molecule has 0 unspecified atom stereocenters. The summed E-state index contributed by atoms with van der Waals surface area (Å²) in [7, 11) is 0. The number of rotatable bonds is 6. The van der Waals surface area contributed by atoms with Gasteiger partial charge in [0.05, 0.1) is 5.92 Å². The van der Waals surface area contributed by atoms with Gasteiger partial charge in [0.1, 0.15) is 12.3 Å². The molecule has 9 heteroatoms. The fourth-order valence-corrected chi connectivity index (χ4v) is 5.58. The van der Waals surface area contributed by atoms with Crippen molar-refractivity contribution in [2.45, 2.75) is 37.6 Å². The van der Waals surface area contributed by atoms with E-state index in [9.17, 15) is 14.4 Å². The molecule has 2 aliphatic carbocycles. The van der Waals surface area contributed by atoms with Crippen LogP contribution in [0.5, 0.6) is 0 Å². The molecule has 0 atom stereocenters. The molecule has 1 aromatic heterocycles. The third kappa shape index (κ3) is 4.90. The van der Waals surface area contributed by atoms with Crippen molar-refractivity contribution in [1.82, 2.24) is 10.3 Å². The van der Waals surface area contributed by atoms with Crippen LogP contribution in [0.4, 0.5) is 9.93 Å². The van der Waals surface area contributed by atoms with Gasteiger partial charge in [-0.05, 0) is 47.9 Å². The highest BCUT2D eigenvalue weighted by Gasteiger charge is 2.30. The number of fused-ring (bicyclic) bond motifs is 3. The van der Waals surface area contributed by atoms with E-state index in [1.54, 1.807) is 5.38 Å². The molecule has 8 nitrogen and oxygen atoms in total. The van der Waals surface area contributed by atoms with Gasteiger partial charge in [-0.1, -0.05) is 48.5 Å². The van der Waals surface area contributed by atoms with Gasteiger partial charge in [0, 0.05) is 17.3 Å². The first-order chi connectivity index (χ1) is 17.0. The number of carboxylic acids is 1. The number of carbonyl (C=O) groups is 3. The molecular formula is C26H25N3O5S. The molecule has 2 aromatic carbocycles. The predicted octanol–water partition coefficient (Wildman–Crippen LogP) is 4.88. The predicted molar refractivity (Wildman–Crippen MR) is 132 cm³/mol. The Hall–Kier alpha value is -3.72. The van der Waals surface area contributed by atoms with Crippen molar-refractivity contribution >= 4 is 34.4 Å². The molecule has 2 amide bonds. The average Bonchev–Trinajstić information content (AvgIpc) is 3.46. The monoisotopic (exact) mass is 491 g/mol. The van der Waals surface area contributed by atoms with E-state index in [-0.39, 0.29) is 41.2 Å². The lowest BCUT2D eigenvalue weighted by Crippen LogP contribution is -2.38. The minimum Gasteiger partial charge on any atom is -0.481 e. The van der Waals surface area contributed by atoms with Gasteiger partial charge in [-0.3, -0.25) is 14.9 Å². The van der Waals surface area contributed by atoms with E-state index < -0.39 is 12.1 Å². The third-order valence-electron chi connectivity index (χ3n) is 6.70. The lowest BCUT2D eigenvalue weighted by atomic mass is 9.86. The maximum Gasteiger partial charge on any atom is 0.413 e. The molecule has 0 aliphatic heterocycles. The summed E-state index contributed by atoms with van der Waals surface area (Å²) in [6.07, 6.45) is 1.72. The van der Waals surface area contributed by atoms with Crippen LogP contribution in [0.1, 0.15) is 53.2 Å². The number of benzene rings is 2. The SMILES string of the molecule is O=C(Nc1nc(C(=O)NC2CCC(C(=O)O)CC2)cs1)OCC1c2ccccc2-c2ccccc21. The van der Waals surface area contributed by atoms with Crippen molar-refractivity contribution in [1.29, 1.82) is 0 Å². The van der Waals surface area contributed by atoms with E-state index in [1.165, 1.54) is 0 Å². The van der Waals surface area contributed by atoms with Gasteiger partial charge in [-0.25, -0.2) is 9.78 Å². The zero-order chi connectivity index (χ0) is 24.4. The molecule has 3 N–H and O–H groups in total. The number of hydrogen-bond donors (Lipinski definition) is 3. The second kappa shape index (κ2) is 9.87. The zero-order valence-corrected chi connectivity index (χ0v) is 19.7. The number of nitrogens with one attached hydrogen (secondary N) is 2. The highest BCUT2D eigenvalue weighted by Crippen LogP contribution is 2.44. The maximum absolute atomic E-state index is 12.5. The zero-order valence-electron chi connectivity index (χ0n) is 18.9. The maximum atomic E-state index is 12.5. The van der Waals surface area contributed by atoms with Crippen molar-refractivity contribution in [2.24, 2.45) is 5.92 Å². The molecular weight excluding hydrogens is 466 g/mol. The molecule has 3 aromatic rings. The van der Waals surface area contributed by atoms with Crippen LogP contribution in [-0.2, 0) is 9.53 Å². The van der Waals surface area contributed by atoms with Gasteiger partial charge in [-0.2, -0.15) is 0 Å². The molecule has 1 heterocycles. The van der Waals surface area contributed by atoms with Crippen molar-refractivity contribution in [2.75, 3.05) is 11.9 Å². The lowest BCUT2D eigenvalue weighted by molar-refractivity contribution is -0.142. The summed E-state index contributed by atoms with van der Waals surface area (Å²) in [5.41, 5.74) is 4.79. The van der Waals surface area contributed by atoms with Crippen LogP contribution in [0.3, 0.4) is 0 Å². The minimum absolute atomic E-state index is 0.0398. The van der Waals surface area contributed by atoms with Gasteiger partial charge in [-0.15, -0.1) is 11.3 Å². The molecule has 2 aliphatic rings. The Kier molecular flexibility index (Phi) is 6.50. The Morgan fingerprint density at radius 1 is 0.971 bits per heavy atom. The van der Waals surface area contributed by atoms with Crippen molar-refractivity contribution < 1.29 is 24.2 Å². The number of amides is 2. The van der Waals surface area contributed by atoms with Crippen molar-refractivity contribution in [3.63, 3.8) is 0 Å². The molecule has 180 valence electrons. The van der Waals surface area contributed by atoms with Gasteiger partial charge in [0.2, 0.25) is 0 Å². The first-order valence-electron chi connectivity index (χ1n) is 11.6. The van der Waals surface area contributed by atoms with Crippen LogP contribution in [0, 0.1) is 5.92 Å². The molecule has 35 heavy (non-hydrogen) atoms. The third-order valence-corrected chi connectivity index (χ3v) is 7.46. The quantitative estimate of drug-likeness (QED) is 0.453. The second-order valence-corrected chi connectivity index (χ2v) is 9.71. The Balaban J connectivity index is 1.15. The first-order valence-corrected chi connectivity index (χ1v) is 12.5. The van der Waals surface area contributed by atoms with E-state index in [2.05, 4.69) is 39.9 Å². The molecule has 1 saturated carbocycles. The topological polar surface area (TPSA) is 118 Å².